The summed E-state index contributed by atoms with van der Waals surface area (Å²) < 4.78 is 0. The second-order valence-electron chi connectivity index (χ2n) is 3.26. The van der Waals surface area contributed by atoms with Crippen LogP contribution in [0, 0.1) is 5.41 Å². The van der Waals surface area contributed by atoms with Gasteiger partial charge in [-0.25, -0.2) is 0 Å². The molecule has 0 aromatic heterocycles. The van der Waals surface area contributed by atoms with E-state index >= 15 is 0 Å². The maximum atomic E-state index is 5.51. The molecule has 0 aromatic carbocycles. The number of hydrogen-bond acceptors (Lipinski definition) is 0. The summed E-state index contributed by atoms with van der Waals surface area (Å²) in [6.45, 7) is 4.34. The quantitative estimate of drug-likeness (QED) is 0.497. The van der Waals surface area contributed by atoms with Crippen molar-refractivity contribution in [2.24, 2.45) is 5.41 Å². The topological polar surface area (TPSA) is 0 Å². The van der Waals surface area contributed by atoms with E-state index in [2.05, 4.69) is 13.8 Å². The fourth-order valence-corrected chi connectivity index (χ4v) is 0.683. The van der Waals surface area contributed by atoms with Crippen LogP contribution in [0.1, 0.15) is 26.7 Å². The van der Waals surface area contributed by atoms with E-state index in [9.17, 15) is 0 Å². The summed E-state index contributed by atoms with van der Waals surface area (Å²) in [4.78, 5) is 0. The molecule has 0 amide bonds. The highest BCUT2D eigenvalue weighted by molar-refractivity contribution is 6.09. The van der Waals surface area contributed by atoms with Crippen molar-refractivity contribution < 1.29 is 0 Å². The van der Waals surface area contributed by atoms with Crippen molar-refractivity contribution in [1.29, 1.82) is 0 Å². The molecule has 0 heterocycles. The Bertz CT molecular complexity index is 69.3. The van der Waals surface area contributed by atoms with Crippen LogP contribution in [0.3, 0.4) is 0 Å². The summed E-state index contributed by atoms with van der Waals surface area (Å²) in [5.41, 5.74) is 0.291. The largest absolute Gasteiger partial charge is 0.0887 e. The first kappa shape index (κ1) is 9.13. The average Bonchev–Trinajstić information content (AvgIpc) is 1.84. The first-order valence-electron chi connectivity index (χ1n) is 3.52. The van der Waals surface area contributed by atoms with Gasteiger partial charge in [-0.15, -0.1) is 0 Å². The fourth-order valence-electron chi connectivity index (χ4n) is 0.683. The third-order valence-corrected chi connectivity index (χ3v) is 1.61. The van der Waals surface area contributed by atoms with Crippen molar-refractivity contribution in [3.05, 3.63) is 0 Å². The summed E-state index contributed by atoms with van der Waals surface area (Å²) in [5.74, 6) is 0. The Morgan fingerprint density at radius 3 is 2.11 bits per heavy atom. The highest BCUT2D eigenvalue weighted by Crippen LogP contribution is 2.25. The molecular formula is C7H14B2. The Hall–Kier alpha value is 0.130. The lowest BCUT2D eigenvalue weighted by molar-refractivity contribution is 0.374. The summed E-state index contributed by atoms with van der Waals surface area (Å²) in [6, 6.07) is 0. The molecule has 4 radical (unpaired) electrons. The van der Waals surface area contributed by atoms with Crippen LogP contribution >= 0.6 is 0 Å². The Kier molecular flexibility index (Phi) is 4.09. The van der Waals surface area contributed by atoms with Gasteiger partial charge in [0.05, 0.1) is 15.7 Å². The minimum absolute atomic E-state index is 0.291. The highest BCUT2D eigenvalue weighted by Gasteiger charge is 2.12. The Morgan fingerprint density at radius 2 is 1.78 bits per heavy atom. The van der Waals surface area contributed by atoms with Crippen LogP contribution in [0.25, 0.3) is 0 Å². The molecular weight excluding hydrogens is 106 g/mol. The molecule has 48 valence electrons. The van der Waals surface area contributed by atoms with E-state index in [4.69, 9.17) is 15.7 Å². The molecule has 0 aromatic rings. The maximum Gasteiger partial charge on any atom is 0.0660 e. The SMILES string of the molecule is [B]CCCC(C)(C)C[B]. The molecule has 0 bridgehead atoms. The zero-order valence-electron chi connectivity index (χ0n) is 6.48. The molecule has 0 atom stereocenters. The number of rotatable bonds is 4. The van der Waals surface area contributed by atoms with Crippen molar-refractivity contribution in [1.82, 2.24) is 0 Å². The Morgan fingerprint density at radius 1 is 1.22 bits per heavy atom. The third-order valence-electron chi connectivity index (χ3n) is 1.61. The summed E-state index contributed by atoms with van der Waals surface area (Å²) in [5, 5.41) is 0. The van der Waals surface area contributed by atoms with Gasteiger partial charge in [0, 0.05) is 0 Å². The van der Waals surface area contributed by atoms with Gasteiger partial charge >= 0.3 is 0 Å². The molecule has 0 fully saturated rings. The van der Waals surface area contributed by atoms with Gasteiger partial charge in [0.1, 0.15) is 0 Å². The summed E-state index contributed by atoms with van der Waals surface area (Å²) in [6.07, 6.45) is 3.76. The van der Waals surface area contributed by atoms with Crippen LogP contribution in [-0.2, 0) is 0 Å². The first-order chi connectivity index (χ1) is 4.12. The third kappa shape index (κ3) is 4.62. The molecule has 0 saturated heterocycles. The zero-order valence-corrected chi connectivity index (χ0v) is 6.48. The van der Waals surface area contributed by atoms with Crippen LogP contribution in [-0.4, -0.2) is 15.7 Å². The minimum atomic E-state index is 0.291. The van der Waals surface area contributed by atoms with Gasteiger partial charge in [-0.2, -0.15) is 0 Å². The van der Waals surface area contributed by atoms with Crippen LogP contribution < -0.4 is 0 Å². The van der Waals surface area contributed by atoms with Crippen molar-refractivity contribution in [3.8, 4) is 0 Å². The molecule has 0 unspecified atom stereocenters. The molecule has 0 aliphatic rings. The molecule has 2 heteroatoms. The van der Waals surface area contributed by atoms with E-state index in [0.717, 1.165) is 25.5 Å². The fraction of sp³-hybridized carbons (Fsp3) is 1.00. The zero-order chi connectivity index (χ0) is 7.33. The normalized spacial score (nSPS) is 11.8. The summed E-state index contributed by atoms with van der Waals surface area (Å²) >= 11 is 0. The van der Waals surface area contributed by atoms with Crippen LogP contribution in [0.4, 0.5) is 0 Å². The average molecular weight is 120 g/mol. The predicted octanol–water partition coefficient (Wildman–Crippen LogP) is 1.97. The second-order valence-corrected chi connectivity index (χ2v) is 3.26. The number of hydrogen-bond donors (Lipinski definition) is 0. The second kappa shape index (κ2) is 4.03. The van der Waals surface area contributed by atoms with Gasteiger partial charge in [-0.1, -0.05) is 32.9 Å². The molecule has 0 aliphatic heterocycles. The van der Waals surface area contributed by atoms with Gasteiger partial charge in [-0.3, -0.25) is 0 Å². The van der Waals surface area contributed by atoms with Gasteiger partial charge in [0.15, 0.2) is 0 Å². The molecule has 0 rings (SSSR count). The van der Waals surface area contributed by atoms with E-state index in [1.165, 1.54) is 0 Å². The maximum absolute atomic E-state index is 5.51. The van der Waals surface area contributed by atoms with Crippen LogP contribution in [0.15, 0.2) is 0 Å². The van der Waals surface area contributed by atoms with Crippen molar-refractivity contribution in [2.75, 3.05) is 0 Å². The lowest BCUT2D eigenvalue weighted by atomic mass is 9.75. The molecule has 0 spiro atoms. The van der Waals surface area contributed by atoms with Crippen LogP contribution in [0.2, 0.25) is 12.6 Å². The molecule has 0 aliphatic carbocycles. The predicted molar refractivity (Wildman–Crippen MR) is 44.1 cm³/mol. The minimum Gasteiger partial charge on any atom is -0.0887 e. The lowest BCUT2D eigenvalue weighted by Crippen LogP contribution is -2.09. The smallest absolute Gasteiger partial charge is 0.0660 e. The van der Waals surface area contributed by atoms with Crippen molar-refractivity contribution >= 4 is 15.7 Å². The molecule has 0 nitrogen and oxygen atoms in total. The van der Waals surface area contributed by atoms with Gasteiger partial charge < -0.3 is 0 Å². The molecule has 9 heavy (non-hydrogen) atoms. The monoisotopic (exact) mass is 120 g/mol. The van der Waals surface area contributed by atoms with E-state index in [-0.39, 0.29) is 0 Å². The van der Waals surface area contributed by atoms with E-state index in [1.54, 1.807) is 0 Å². The molecule has 0 saturated carbocycles. The van der Waals surface area contributed by atoms with E-state index < -0.39 is 0 Å². The van der Waals surface area contributed by atoms with Crippen molar-refractivity contribution in [3.63, 3.8) is 0 Å². The van der Waals surface area contributed by atoms with Gasteiger partial charge in [-0.05, 0) is 11.8 Å². The van der Waals surface area contributed by atoms with E-state index in [0.29, 0.717) is 5.41 Å². The Labute approximate surface area is 61.2 Å². The first-order valence-corrected chi connectivity index (χ1v) is 3.52. The summed E-state index contributed by atoms with van der Waals surface area (Å²) in [7, 11) is 10.9. The molecule has 0 N–H and O–H groups in total. The van der Waals surface area contributed by atoms with E-state index in [1.807, 2.05) is 0 Å². The highest BCUT2D eigenvalue weighted by atomic mass is 14.2. The van der Waals surface area contributed by atoms with Gasteiger partial charge in [0.25, 0.3) is 0 Å². The Balaban J connectivity index is 3.33. The van der Waals surface area contributed by atoms with Crippen molar-refractivity contribution in [2.45, 2.75) is 39.3 Å². The van der Waals surface area contributed by atoms with Gasteiger partial charge in [0.2, 0.25) is 0 Å². The van der Waals surface area contributed by atoms with Crippen LogP contribution in [0.5, 0.6) is 0 Å². The lowest BCUT2D eigenvalue weighted by Gasteiger charge is -2.21. The standard InChI is InChI=1S/C7H14B2/c1-7(2,6-9)4-3-5-8/h3-6H2,1-2H3.